The minimum atomic E-state index is -0.159. The van der Waals surface area contributed by atoms with Crippen molar-refractivity contribution in [2.24, 2.45) is 0 Å². The number of benzene rings is 1. The molecular formula is C13H18FNO. The van der Waals surface area contributed by atoms with E-state index in [9.17, 15) is 4.39 Å². The largest absolute Gasteiger partial charge is 0.496 e. The number of nitrogens with one attached hydrogen (secondary N) is 1. The molecule has 0 spiro atoms. The smallest absolute Gasteiger partial charge is 0.130 e. The number of piperidine rings is 1. The molecule has 1 aliphatic heterocycles. The Bertz CT molecular complexity index is 372. The van der Waals surface area contributed by atoms with Crippen molar-refractivity contribution in [2.45, 2.75) is 25.7 Å². The summed E-state index contributed by atoms with van der Waals surface area (Å²) >= 11 is 0. The molecule has 1 heterocycles. The second-order valence-corrected chi connectivity index (χ2v) is 4.35. The normalized spacial score (nSPS) is 17.4. The Morgan fingerprint density at radius 2 is 2.00 bits per heavy atom. The molecule has 1 aromatic carbocycles. The molecule has 0 aliphatic carbocycles. The monoisotopic (exact) mass is 223 g/mol. The van der Waals surface area contributed by atoms with Crippen molar-refractivity contribution in [1.82, 2.24) is 5.32 Å². The van der Waals surface area contributed by atoms with Crippen LogP contribution in [0.3, 0.4) is 0 Å². The van der Waals surface area contributed by atoms with Crippen LogP contribution in [0.1, 0.15) is 29.9 Å². The summed E-state index contributed by atoms with van der Waals surface area (Å²) in [7, 11) is 1.59. The van der Waals surface area contributed by atoms with Gasteiger partial charge in [-0.15, -0.1) is 0 Å². The van der Waals surface area contributed by atoms with Gasteiger partial charge in [0.15, 0.2) is 0 Å². The van der Waals surface area contributed by atoms with Gasteiger partial charge < -0.3 is 10.1 Å². The predicted molar refractivity (Wildman–Crippen MR) is 62.5 cm³/mol. The van der Waals surface area contributed by atoms with Crippen LogP contribution in [0.15, 0.2) is 12.1 Å². The van der Waals surface area contributed by atoms with Crippen LogP contribution in [0, 0.1) is 12.7 Å². The zero-order valence-electron chi connectivity index (χ0n) is 9.85. The molecule has 16 heavy (non-hydrogen) atoms. The molecule has 0 saturated carbocycles. The Kier molecular flexibility index (Phi) is 3.44. The number of hydrogen-bond acceptors (Lipinski definition) is 2. The first-order chi connectivity index (χ1) is 7.72. The quantitative estimate of drug-likeness (QED) is 0.832. The van der Waals surface area contributed by atoms with E-state index in [0.717, 1.165) is 31.5 Å². The van der Waals surface area contributed by atoms with Crippen molar-refractivity contribution in [1.29, 1.82) is 0 Å². The highest BCUT2D eigenvalue weighted by atomic mass is 19.1. The SMILES string of the molecule is COc1cc(C2CCNCC2)cc(F)c1C. The molecule has 0 aromatic heterocycles. The van der Waals surface area contributed by atoms with E-state index in [1.54, 1.807) is 20.1 Å². The van der Waals surface area contributed by atoms with E-state index < -0.39 is 0 Å². The molecule has 3 heteroatoms. The molecule has 1 saturated heterocycles. The van der Waals surface area contributed by atoms with Gasteiger partial charge in [0.1, 0.15) is 11.6 Å². The third kappa shape index (κ3) is 2.19. The van der Waals surface area contributed by atoms with E-state index >= 15 is 0 Å². The van der Waals surface area contributed by atoms with E-state index in [-0.39, 0.29) is 5.82 Å². The minimum absolute atomic E-state index is 0.159. The van der Waals surface area contributed by atoms with Crippen molar-refractivity contribution < 1.29 is 9.13 Å². The van der Waals surface area contributed by atoms with Gasteiger partial charge in [0, 0.05) is 5.56 Å². The lowest BCUT2D eigenvalue weighted by molar-refractivity contribution is 0.403. The molecule has 2 rings (SSSR count). The Morgan fingerprint density at radius 1 is 1.31 bits per heavy atom. The molecule has 0 unspecified atom stereocenters. The van der Waals surface area contributed by atoms with Gasteiger partial charge in [0.2, 0.25) is 0 Å². The first kappa shape index (κ1) is 11.4. The van der Waals surface area contributed by atoms with Gasteiger partial charge in [-0.3, -0.25) is 0 Å². The number of halogens is 1. The molecule has 1 aliphatic rings. The maximum atomic E-state index is 13.7. The summed E-state index contributed by atoms with van der Waals surface area (Å²) in [5.74, 6) is 0.965. The Labute approximate surface area is 95.8 Å². The van der Waals surface area contributed by atoms with Crippen LogP contribution in [0.5, 0.6) is 5.75 Å². The van der Waals surface area contributed by atoms with Crippen LogP contribution in [0.2, 0.25) is 0 Å². The van der Waals surface area contributed by atoms with Gasteiger partial charge in [0.05, 0.1) is 7.11 Å². The summed E-state index contributed by atoms with van der Waals surface area (Å²) in [6.07, 6.45) is 2.15. The third-order valence-electron chi connectivity index (χ3n) is 3.35. The van der Waals surface area contributed by atoms with Gasteiger partial charge >= 0.3 is 0 Å². The van der Waals surface area contributed by atoms with Gasteiger partial charge in [-0.05, 0) is 56.5 Å². The number of ether oxygens (including phenoxy) is 1. The molecule has 1 fully saturated rings. The predicted octanol–water partition coefficient (Wildman–Crippen LogP) is 2.61. The molecular weight excluding hydrogens is 205 g/mol. The van der Waals surface area contributed by atoms with Crippen molar-refractivity contribution in [3.05, 3.63) is 29.1 Å². The summed E-state index contributed by atoms with van der Waals surface area (Å²) in [6, 6.07) is 3.64. The second kappa shape index (κ2) is 4.83. The maximum absolute atomic E-state index is 13.7. The summed E-state index contributed by atoms with van der Waals surface area (Å²) in [5.41, 5.74) is 1.67. The highest BCUT2D eigenvalue weighted by Crippen LogP contribution is 2.31. The Morgan fingerprint density at radius 3 is 2.62 bits per heavy atom. The zero-order valence-corrected chi connectivity index (χ0v) is 9.85. The molecule has 0 atom stereocenters. The molecule has 2 nitrogen and oxygen atoms in total. The van der Waals surface area contributed by atoms with E-state index in [4.69, 9.17) is 4.74 Å². The van der Waals surface area contributed by atoms with Crippen LogP contribution >= 0.6 is 0 Å². The van der Waals surface area contributed by atoms with Gasteiger partial charge in [-0.1, -0.05) is 0 Å². The number of methoxy groups -OCH3 is 1. The fourth-order valence-corrected chi connectivity index (χ4v) is 2.28. The van der Waals surface area contributed by atoms with Crippen LogP contribution < -0.4 is 10.1 Å². The molecule has 0 bridgehead atoms. The topological polar surface area (TPSA) is 21.3 Å². The lowest BCUT2D eigenvalue weighted by atomic mass is 9.89. The molecule has 0 radical (unpaired) electrons. The lowest BCUT2D eigenvalue weighted by Crippen LogP contribution is -2.26. The highest BCUT2D eigenvalue weighted by molar-refractivity contribution is 5.39. The van der Waals surface area contributed by atoms with Crippen molar-refractivity contribution in [3.8, 4) is 5.75 Å². The number of hydrogen-bond donors (Lipinski definition) is 1. The summed E-state index contributed by atoms with van der Waals surface area (Å²) in [6.45, 7) is 3.78. The fourth-order valence-electron chi connectivity index (χ4n) is 2.28. The average Bonchev–Trinajstić information content (AvgIpc) is 2.33. The first-order valence-electron chi connectivity index (χ1n) is 5.77. The number of rotatable bonds is 2. The van der Waals surface area contributed by atoms with E-state index in [1.165, 1.54) is 0 Å². The standard InChI is InChI=1S/C13H18FNO/c1-9-12(14)7-11(8-13(9)16-2)10-3-5-15-6-4-10/h7-8,10,15H,3-6H2,1-2H3. The Hall–Kier alpha value is -1.09. The third-order valence-corrected chi connectivity index (χ3v) is 3.35. The van der Waals surface area contributed by atoms with E-state index in [1.807, 2.05) is 6.07 Å². The summed E-state index contributed by atoms with van der Waals surface area (Å²) < 4.78 is 18.9. The Balaban J connectivity index is 2.29. The molecule has 88 valence electrons. The van der Waals surface area contributed by atoms with Crippen LogP contribution in [-0.4, -0.2) is 20.2 Å². The van der Waals surface area contributed by atoms with Crippen molar-refractivity contribution >= 4 is 0 Å². The minimum Gasteiger partial charge on any atom is -0.496 e. The van der Waals surface area contributed by atoms with Gasteiger partial charge in [-0.25, -0.2) is 4.39 Å². The van der Waals surface area contributed by atoms with Crippen LogP contribution in [-0.2, 0) is 0 Å². The fraction of sp³-hybridized carbons (Fsp3) is 0.538. The summed E-state index contributed by atoms with van der Waals surface area (Å²) in [5, 5.41) is 3.31. The van der Waals surface area contributed by atoms with E-state index in [0.29, 0.717) is 17.2 Å². The highest BCUT2D eigenvalue weighted by Gasteiger charge is 2.18. The second-order valence-electron chi connectivity index (χ2n) is 4.35. The van der Waals surface area contributed by atoms with Crippen molar-refractivity contribution in [3.63, 3.8) is 0 Å². The van der Waals surface area contributed by atoms with Crippen LogP contribution in [0.4, 0.5) is 4.39 Å². The maximum Gasteiger partial charge on any atom is 0.130 e. The van der Waals surface area contributed by atoms with Gasteiger partial charge in [-0.2, -0.15) is 0 Å². The molecule has 1 N–H and O–H groups in total. The molecule has 0 amide bonds. The van der Waals surface area contributed by atoms with E-state index in [2.05, 4.69) is 5.32 Å². The van der Waals surface area contributed by atoms with Crippen LogP contribution in [0.25, 0.3) is 0 Å². The average molecular weight is 223 g/mol. The summed E-state index contributed by atoms with van der Waals surface area (Å²) in [4.78, 5) is 0. The van der Waals surface area contributed by atoms with Crippen molar-refractivity contribution in [2.75, 3.05) is 20.2 Å². The molecule has 1 aromatic rings. The van der Waals surface area contributed by atoms with Gasteiger partial charge in [0.25, 0.3) is 0 Å². The zero-order chi connectivity index (χ0) is 11.5. The first-order valence-corrected chi connectivity index (χ1v) is 5.77. The lowest BCUT2D eigenvalue weighted by Gasteiger charge is -2.23.